The van der Waals surface area contributed by atoms with Crippen molar-refractivity contribution in [2.24, 2.45) is 0 Å². The predicted molar refractivity (Wildman–Crippen MR) is 98.1 cm³/mol. The van der Waals surface area contributed by atoms with Crippen LogP contribution in [-0.2, 0) is 4.79 Å². The van der Waals surface area contributed by atoms with E-state index in [2.05, 4.69) is 15.3 Å². The third-order valence-corrected chi connectivity index (χ3v) is 5.52. The van der Waals surface area contributed by atoms with Crippen LogP contribution in [0.1, 0.15) is 5.01 Å². The molecule has 0 saturated heterocycles. The fraction of sp³-hybridized carbons (Fsp3) is 0.118. The fourth-order valence-corrected chi connectivity index (χ4v) is 4.38. The monoisotopic (exact) mass is 355 g/mol. The first-order valence-corrected chi connectivity index (χ1v) is 8.97. The molecule has 2 heterocycles. The van der Waals surface area contributed by atoms with E-state index in [-0.39, 0.29) is 12.5 Å². The van der Waals surface area contributed by atoms with Crippen LogP contribution in [0.2, 0.25) is 0 Å². The first-order chi connectivity index (χ1) is 11.7. The summed E-state index contributed by atoms with van der Waals surface area (Å²) >= 11 is 3.11. The number of nitrogens with zero attached hydrogens (tertiary/aromatic N) is 2. The van der Waals surface area contributed by atoms with Crippen molar-refractivity contribution >= 4 is 54.1 Å². The van der Waals surface area contributed by atoms with Gasteiger partial charge in [-0.05, 0) is 31.2 Å². The van der Waals surface area contributed by atoms with Gasteiger partial charge in [0.05, 0.1) is 25.4 Å². The summed E-state index contributed by atoms with van der Waals surface area (Å²) < 4.78 is 7.61. The topological polar surface area (TPSA) is 64.1 Å². The number of anilines is 1. The summed E-state index contributed by atoms with van der Waals surface area (Å²) in [5, 5.41) is 4.40. The average molecular weight is 355 g/mol. The molecule has 2 aromatic heterocycles. The molecular weight excluding hydrogens is 342 g/mol. The molecule has 1 N–H and O–H groups in total. The highest BCUT2D eigenvalue weighted by atomic mass is 32.1. The van der Waals surface area contributed by atoms with E-state index >= 15 is 0 Å². The number of para-hydroxylation sites is 1. The molecule has 120 valence electrons. The van der Waals surface area contributed by atoms with Gasteiger partial charge in [-0.15, -0.1) is 11.3 Å². The van der Waals surface area contributed by atoms with E-state index in [1.165, 1.54) is 11.3 Å². The summed E-state index contributed by atoms with van der Waals surface area (Å²) in [5.74, 6) is 0.438. The third kappa shape index (κ3) is 2.95. The van der Waals surface area contributed by atoms with Gasteiger partial charge in [-0.2, -0.15) is 0 Å². The van der Waals surface area contributed by atoms with Crippen molar-refractivity contribution in [3.05, 3.63) is 47.5 Å². The zero-order chi connectivity index (χ0) is 16.5. The highest BCUT2D eigenvalue weighted by Crippen LogP contribution is 2.35. The van der Waals surface area contributed by atoms with E-state index < -0.39 is 0 Å². The number of hydrogen-bond acceptors (Lipinski definition) is 6. The van der Waals surface area contributed by atoms with Gasteiger partial charge in [-0.3, -0.25) is 10.1 Å². The minimum atomic E-state index is -0.227. The first-order valence-electron chi connectivity index (χ1n) is 7.33. The van der Waals surface area contributed by atoms with Crippen molar-refractivity contribution in [1.82, 2.24) is 9.97 Å². The lowest BCUT2D eigenvalue weighted by molar-refractivity contribution is -0.118. The number of hydrogen-bond donors (Lipinski definition) is 1. The Labute approximate surface area is 145 Å². The molecule has 1 amide bonds. The number of amides is 1. The standard InChI is InChI=1S/C17H13N3O2S2/c1-10-18-12-7-8-13-16(15(12)23-10)24-17(19-13)20-14(21)9-22-11-5-3-2-4-6-11/h2-8H,9H2,1H3,(H,19,20,21). The van der Waals surface area contributed by atoms with Crippen LogP contribution in [0.15, 0.2) is 42.5 Å². The van der Waals surface area contributed by atoms with Crippen molar-refractivity contribution in [2.45, 2.75) is 6.92 Å². The molecule has 0 saturated carbocycles. The molecule has 7 heteroatoms. The second kappa shape index (κ2) is 6.18. The predicted octanol–water partition coefficient (Wildman–Crippen LogP) is 4.23. The summed E-state index contributed by atoms with van der Waals surface area (Å²) in [5.41, 5.74) is 1.84. The van der Waals surface area contributed by atoms with Gasteiger partial charge in [0.1, 0.15) is 5.75 Å². The lowest BCUT2D eigenvalue weighted by Crippen LogP contribution is -2.19. The van der Waals surface area contributed by atoms with Gasteiger partial charge in [0.25, 0.3) is 5.91 Å². The Morgan fingerprint density at radius 2 is 1.75 bits per heavy atom. The lowest BCUT2D eigenvalue weighted by Gasteiger charge is -2.04. The highest BCUT2D eigenvalue weighted by Gasteiger charge is 2.12. The van der Waals surface area contributed by atoms with Gasteiger partial charge in [0, 0.05) is 0 Å². The Kier molecular flexibility index (Phi) is 3.87. The quantitative estimate of drug-likeness (QED) is 0.595. The van der Waals surface area contributed by atoms with Gasteiger partial charge in [-0.25, -0.2) is 9.97 Å². The number of benzene rings is 2. The van der Waals surface area contributed by atoms with Crippen LogP contribution >= 0.6 is 22.7 Å². The van der Waals surface area contributed by atoms with Crippen molar-refractivity contribution in [3.8, 4) is 5.75 Å². The second-order valence-corrected chi connectivity index (χ2v) is 7.37. The van der Waals surface area contributed by atoms with Crippen molar-refractivity contribution in [2.75, 3.05) is 11.9 Å². The number of ether oxygens (including phenoxy) is 1. The summed E-state index contributed by atoms with van der Waals surface area (Å²) in [6.45, 7) is 1.94. The SMILES string of the molecule is Cc1nc2ccc3nc(NC(=O)COc4ccccc4)sc3c2s1. The molecule has 0 atom stereocenters. The smallest absolute Gasteiger partial charge is 0.264 e. The number of thiazole rings is 2. The summed E-state index contributed by atoms with van der Waals surface area (Å²) in [6, 6.07) is 13.2. The summed E-state index contributed by atoms with van der Waals surface area (Å²) in [7, 11) is 0. The summed E-state index contributed by atoms with van der Waals surface area (Å²) in [4.78, 5) is 21.0. The minimum Gasteiger partial charge on any atom is -0.484 e. The molecule has 0 aliphatic rings. The van der Waals surface area contributed by atoms with Crippen LogP contribution in [0, 0.1) is 6.92 Å². The van der Waals surface area contributed by atoms with Gasteiger partial charge >= 0.3 is 0 Å². The molecule has 0 spiro atoms. The molecule has 2 aromatic carbocycles. The number of aromatic nitrogens is 2. The second-order valence-electron chi connectivity index (χ2n) is 5.16. The van der Waals surface area contributed by atoms with Crippen LogP contribution < -0.4 is 10.1 Å². The molecule has 0 radical (unpaired) electrons. The van der Waals surface area contributed by atoms with Gasteiger partial charge < -0.3 is 4.74 Å². The first kappa shape index (κ1) is 15.0. The summed E-state index contributed by atoms with van der Waals surface area (Å²) in [6.07, 6.45) is 0. The van der Waals surface area contributed by atoms with Gasteiger partial charge in [0.2, 0.25) is 0 Å². The lowest BCUT2D eigenvalue weighted by atomic mass is 10.3. The van der Waals surface area contributed by atoms with Gasteiger partial charge in [0.15, 0.2) is 11.7 Å². The molecule has 0 fully saturated rings. The normalized spacial score (nSPS) is 11.0. The maximum atomic E-state index is 12.1. The number of rotatable bonds is 4. The van der Waals surface area contributed by atoms with Crippen LogP contribution in [0.3, 0.4) is 0 Å². The number of aryl methyl sites for hydroxylation is 1. The van der Waals surface area contributed by atoms with Crippen LogP contribution in [0.25, 0.3) is 20.4 Å². The van der Waals surface area contributed by atoms with E-state index in [0.29, 0.717) is 10.9 Å². The van der Waals surface area contributed by atoms with Gasteiger partial charge in [-0.1, -0.05) is 29.5 Å². The number of fused-ring (bicyclic) bond motifs is 3. The van der Waals surface area contributed by atoms with Crippen molar-refractivity contribution in [3.63, 3.8) is 0 Å². The van der Waals surface area contributed by atoms with Crippen LogP contribution in [0.4, 0.5) is 5.13 Å². The highest BCUT2D eigenvalue weighted by molar-refractivity contribution is 7.28. The number of carbonyl (C=O) groups is 1. The van der Waals surface area contributed by atoms with E-state index in [4.69, 9.17) is 4.74 Å². The molecule has 0 unspecified atom stereocenters. The maximum absolute atomic E-state index is 12.1. The Bertz CT molecular complexity index is 1020. The van der Waals surface area contributed by atoms with Crippen LogP contribution in [0.5, 0.6) is 5.75 Å². The van der Waals surface area contributed by atoms with Crippen molar-refractivity contribution < 1.29 is 9.53 Å². The fourth-order valence-electron chi connectivity index (χ4n) is 2.36. The Hall–Kier alpha value is -2.51. The number of carbonyl (C=O) groups excluding carboxylic acids is 1. The Morgan fingerprint density at radius 3 is 2.54 bits per heavy atom. The third-order valence-electron chi connectivity index (χ3n) is 3.38. The zero-order valence-corrected chi connectivity index (χ0v) is 14.4. The average Bonchev–Trinajstić information content (AvgIpc) is 3.15. The van der Waals surface area contributed by atoms with Crippen molar-refractivity contribution in [1.29, 1.82) is 0 Å². The van der Waals surface area contributed by atoms with Crippen LogP contribution in [-0.4, -0.2) is 22.5 Å². The molecule has 4 aromatic rings. The Morgan fingerprint density at radius 1 is 1.04 bits per heavy atom. The maximum Gasteiger partial charge on any atom is 0.264 e. The van der Waals surface area contributed by atoms with E-state index in [1.54, 1.807) is 11.3 Å². The molecular formula is C17H13N3O2S2. The molecule has 0 bridgehead atoms. The van der Waals surface area contributed by atoms with E-state index in [1.807, 2.05) is 49.4 Å². The molecule has 0 aliphatic heterocycles. The largest absolute Gasteiger partial charge is 0.484 e. The molecule has 0 aliphatic carbocycles. The molecule has 5 nitrogen and oxygen atoms in total. The minimum absolute atomic E-state index is 0.0466. The number of nitrogens with one attached hydrogen (secondary N) is 1. The molecule has 24 heavy (non-hydrogen) atoms. The van der Waals surface area contributed by atoms with E-state index in [0.717, 1.165) is 25.4 Å². The van der Waals surface area contributed by atoms with E-state index in [9.17, 15) is 4.79 Å². The Balaban J connectivity index is 1.52. The molecule has 4 rings (SSSR count). The zero-order valence-electron chi connectivity index (χ0n) is 12.8.